The summed E-state index contributed by atoms with van der Waals surface area (Å²) in [5.74, 6) is 0. The monoisotopic (exact) mass is 110 g/mol. The molecule has 0 fully saturated rings. The van der Waals surface area contributed by atoms with Gasteiger partial charge in [-0.15, -0.1) is 0 Å². The van der Waals surface area contributed by atoms with Gasteiger partial charge in [-0.25, -0.2) is 0 Å². The van der Waals surface area contributed by atoms with E-state index in [0.29, 0.717) is 0 Å². The highest BCUT2D eigenvalue weighted by atomic mass is 16.1. The fourth-order valence-electron chi connectivity index (χ4n) is 0.325. The number of rotatable bonds is 3. The van der Waals surface area contributed by atoms with Crippen LogP contribution in [-0.2, 0) is 4.79 Å². The van der Waals surface area contributed by atoms with Gasteiger partial charge in [0.25, 0.3) is 0 Å². The van der Waals surface area contributed by atoms with Gasteiger partial charge in [-0.3, -0.25) is 4.79 Å². The number of allylic oxidation sites excluding steroid dienone is 3. The molecule has 0 heterocycles. The molecule has 0 spiro atoms. The van der Waals surface area contributed by atoms with E-state index >= 15 is 0 Å². The molecule has 1 heteroatoms. The Kier molecular flexibility index (Phi) is 3.85. The Morgan fingerprint density at radius 3 is 2.75 bits per heavy atom. The first-order valence-electron chi connectivity index (χ1n) is 2.52. The van der Waals surface area contributed by atoms with Crippen LogP contribution in [0, 0.1) is 0 Å². The van der Waals surface area contributed by atoms with E-state index in [2.05, 4.69) is 6.58 Å². The van der Waals surface area contributed by atoms with Crippen molar-refractivity contribution in [3.63, 3.8) is 0 Å². The fourth-order valence-corrected chi connectivity index (χ4v) is 0.325. The summed E-state index contributed by atoms with van der Waals surface area (Å²) >= 11 is 0. The maximum absolute atomic E-state index is 9.67. The van der Waals surface area contributed by atoms with Gasteiger partial charge in [0.05, 0.1) is 0 Å². The SMILES string of the molecule is C=C(C)C/C=C/C=O. The van der Waals surface area contributed by atoms with Crippen LogP contribution in [0.5, 0.6) is 0 Å². The van der Waals surface area contributed by atoms with Gasteiger partial charge < -0.3 is 0 Å². The molecule has 0 amide bonds. The van der Waals surface area contributed by atoms with Gasteiger partial charge in [-0.05, 0) is 19.4 Å². The summed E-state index contributed by atoms with van der Waals surface area (Å²) in [5.41, 5.74) is 1.07. The molecule has 0 saturated heterocycles. The van der Waals surface area contributed by atoms with Crippen LogP contribution >= 0.6 is 0 Å². The number of hydrogen-bond acceptors (Lipinski definition) is 1. The van der Waals surface area contributed by atoms with Crippen LogP contribution in [0.1, 0.15) is 13.3 Å². The van der Waals surface area contributed by atoms with Gasteiger partial charge in [-0.1, -0.05) is 18.2 Å². The van der Waals surface area contributed by atoms with Crippen LogP contribution in [0.15, 0.2) is 24.3 Å². The van der Waals surface area contributed by atoms with Crippen molar-refractivity contribution in [2.75, 3.05) is 0 Å². The molecule has 0 saturated carbocycles. The standard InChI is InChI=1S/C7H10O/c1-7(2)5-3-4-6-8/h3-4,6H,1,5H2,2H3/b4-3+. The van der Waals surface area contributed by atoms with Crippen molar-refractivity contribution >= 4 is 6.29 Å². The molecule has 0 aliphatic rings. The van der Waals surface area contributed by atoms with Crippen LogP contribution < -0.4 is 0 Å². The number of carbonyl (C=O) groups is 1. The molecule has 0 aromatic carbocycles. The van der Waals surface area contributed by atoms with Crippen molar-refractivity contribution in [1.29, 1.82) is 0 Å². The molecular formula is C7H10O. The zero-order chi connectivity index (χ0) is 6.41. The summed E-state index contributed by atoms with van der Waals surface area (Å²) in [6, 6.07) is 0. The zero-order valence-corrected chi connectivity index (χ0v) is 5.05. The first kappa shape index (κ1) is 7.15. The maximum atomic E-state index is 9.67. The molecule has 0 aliphatic carbocycles. The zero-order valence-electron chi connectivity index (χ0n) is 5.05. The minimum Gasteiger partial charge on any atom is -0.299 e. The van der Waals surface area contributed by atoms with Crippen LogP contribution in [0.2, 0.25) is 0 Å². The molecule has 0 aromatic rings. The summed E-state index contributed by atoms with van der Waals surface area (Å²) < 4.78 is 0. The normalized spacial score (nSPS) is 9.62. The minimum atomic E-state index is 0.767. The molecule has 8 heavy (non-hydrogen) atoms. The lowest BCUT2D eigenvalue weighted by Crippen LogP contribution is -1.66. The van der Waals surface area contributed by atoms with E-state index < -0.39 is 0 Å². The summed E-state index contributed by atoms with van der Waals surface area (Å²) in [7, 11) is 0. The molecule has 0 radical (unpaired) electrons. The van der Waals surface area contributed by atoms with E-state index in [4.69, 9.17) is 0 Å². The number of hydrogen-bond donors (Lipinski definition) is 0. The molecule has 0 unspecified atom stereocenters. The van der Waals surface area contributed by atoms with Crippen LogP contribution in [0.4, 0.5) is 0 Å². The average molecular weight is 110 g/mol. The van der Waals surface area contributed by atoms with Crippen molar-refractivity contribution in [1.82, 2.24) is 0 Å². The summed E-state index contributed by atoms with van der Waals surface area (Å²) in [6.45, 7) is 5.59. The highest BCUT2D eigenvalue weighted by molar-refractivity contribution is 5.64. The molecule has 0 rings (SSSR count). The Balaban J connectivity index is 3.29. The van der Waals surface area contributed by atoms with Crippen LogP contribution in [-0.4, -0.2) is 6.29 Å². The quantitative estimate of drug-likeness (QED) is 0.307. The number of carbonyl (C=O) groups excluding carboxylic acids is 1. The van der Waals surface area contributed by atoms with Crippen molar-refractivity contribution in [2.45, 2.75) is 13.3 Å². The second-order valence-electron chi connectivity index (χ2n) is 1.73. The second-order valence-corrected chi connectivity index (χ2v) is 1.73. The Hall–Kier alpha value is -0.850. The topological polar surface area (TPSA) is 17.1 Å². The summed E-state index contributed by atoms with van der Waals surface area (Å²) in [4.78, 5) is 9.67. The van der Waals surface area contributed by atoms with Gasteiger partial charge in [0.1, 0.15) is 6.29 Å². The third kappa shape index (κ3) is 5.15. The Morgan fingerprint density at radius 2 is 2.38 bits per heavy atom. The molecule has 0 aromatic heterocycles. The smallest absolute Gasteiger partial charge is 0.142 e. The van der Waals surface area contributed by atoms with Crippen LogP contribution in [0.25, 0.3) is 0 Å². The van der Waals surface area contributed by atoms with Gasteiger partial charge in [0, 0.05) is 0 Å². The average Bonchev–Trinajstić information content (AvgIpc) is 1.66. The highest BCUT2D eigenvalue weighted by Gasteiger charge is 1.75. The van der Waals surface area contributed by atoms with Gasteiger partial charge in [0.2, 0.25) is 0 Å². The largest absolute Gasteiger partial charge is 0.299 e. The first-order valence-corrected chi connectivity index (χ1v) is 2.52. The first-order chi connectivity index (χ1) is 3.77. The number of aldehydes is 1. The Morgan fingerprint density at radius 1 is 1.75 bits per heavy atom. The van der Waals surface area contributed by atoms with E-state index in [1.165, 1.54) is 6.08 Å². The molecular weight excluding hydrogens is 100 g/mol. The van der Waals surface area contributed by atoms with Crippen molar-refractivity contribution in [3.05, 3.63) is 24.3 Å². The third-order valence-electron chi connectivity index (χ3n) is 0.681. The van der Waals surface area contributed by atoms with Crippen molar-refractivity contribution in [3.8, 4) is 0 Å². The predicted molar refractivity (Wildman–Crippen MR) is 34.6 cm³/mol. The van der Waals surface area contributed by atoms with Crippen LogP contribution in [0.3, 0.4) is 0 Å². The van der Waals surface area contributed by atoms with Gasteiger partial charge in [0.15, 0.2) is 0 Å². The van der Waals surface area contributed by atoms with Gasteiger partial charge >= 0.3 is 0 Å². The molecule has 0 atom stereocenters. The Labute approximate surface area is 49.7 Å². The molecule has 44 valence electrons. The van der Waals surface area contributed by atoms with E-state index in [-0.39, 0.29) is 0 Å². The molecule has 0 bridgehead atoms. The van der Waals surface area contributed by atoms with Crippen molar-refractivity contribution < 1.29 is 4.79 Å². The molecule has 0 N–H and O–H groups in total. The second kappa shape index (κ2) is 4.31. The predicted octanol–water partition coefficient (Wildman–Crippen LogP) is 1.71. The summed E-state index contributed by atoms with van der Waals surface area (Å²) in [6.07, 6.45) is 4.84. The minimum absolute atomic E-state index is 0.767. The van der Waals surface area contributed by atoms with Gasteiger partial charge in [-0.2, -0.15) is 0 Å². The molecule has 0 aliphatic heterocycles. The molecule has 1 nitrogen and oxygen atoms in total. The maximum Gasteiger partial charge on any atom is 0.142 e. The lowest BCUT2D eigenvalue weighted by Gasteiger charge is -1.84. The Bertz CT molecular complexity index is 112. The van der Waals surface area contributed by atoms with E-state index in [1.54, 1.807) is 6.08 Å². The lowest BCUT2D eigenvalue weighted by molar-refractivity contribution is -0.104. The lowest BCUT2D eigenvalue weighted by atomic mass is 10.2. The highest BCUT2D eigenvalue weighted by Crippen LogP contribution is 1.94. The summed E-state index contributed by atoms with van der Waals surface area (Å²) in [5, 5.41) is 0. The third-order valence-corrected chi connectivity index (χ3v) is 0.681. The fraction of sp³-hybridized carbons (Fsp3) is 0.286. The van der Waals surface area contributed by atoms with E-state index in [0.717, 1.165) is 18.3 Å². The van der Waals surface area contributed by atoms with E-state index in [9.17, 15) is 4.79 Å². The van der Waals surface area contributed by atoms with E-state index in [1.807, 2.05) is 6.92 Å². The van der Waals surface area contributed by atoms with Crippen molar-refractivity contribution in [2.24, 2.45) is 0 Å².